The van der Waals surface area contributed by atoms with E-state index in [-0.39, 0.29) is 17.3 Å². The lowest BCUT2D eigenvalue weighted by Gasteiger charge is -2.20. The molecule has 1 N–H and O–H groups in total. The highest BCUT2D eigenvalue weighted by molar-refractivity contribution is 8.27. The van der Waals surface area contributed by atoms with Crippen LogP contribution in [-0.4, -0.2) is 31.5 Å². The fourth-order valence-corrected chi connectivity index (χ4v) is 6.05. The Labute approximate surface area is 202 Å². The van der Waals surface area contributed by atoms with Gasteiger partial charge in [-0.05, 0) is 80.8 Å². The lowest BCUT2D eigenvalue weighted by atomic mass is 9.90. The molecule has 0 unspecified atom stereocenters. The maximum Gasteiger partial charge on any atom is 0.283 e. The fourth-order valence-electron chi connectivity index (χ4n) is 4.82. The van der Waals surface area contributed by atoms with Crippen molar-refractivity contribution >= 4 is 51.4 Å². The predicted molar refractivity (Wildman–Crippen MR) is 137 cm³/mol. The summed E-state index contributed by atoms with van der Waals surface area (Å²) in [6.45, 7) is 6.03. The van der Waals surface area contributed by atoms with E-state index in [9.17, 15) is 4.79 Å². The summed E-state index contributed by atoms with van der Waals surface area (Å²) in [5, 5.41) is 17.2. The van der Waals surface area contributed by atoms with E-state index in [1.165, 1.54) is 36.0 Å². The van der Waals surface area contributed by atoms with Gasteiger partial charge in [-0.2, -0.15) is 15.1 Å². The number of hydrazone groups is 1. The molecule has 2 aromatic rings. The largest absolute Gasteiger partial charge is 0.318 e. The number of benzene rings is 1. The van der Waals surface area contributed by atoms with Crippen LogP contribution in [0.2, 0.25) is 5.02 Å². The number of carbonyl (C=O) groups is 1. The minimum atomic E-state index is -0.386. The van der Waals surface area contributed by atoms with Gasteiger partial charge in [-0.1, -0.05) is 36.9 Å². The number of aromatic nitrogens is 1. The normalized spacial score (nSPS) is 20.4. The fraction of sp³-hybridized carbons (Fsp3) is 0.360. The van der Waals surface area contributed by atoms with Crippen LogP contribution < -0.4 is 0 Å². The van der Waals surface area contributed by atoms with Crippen LogP contribution in [0, 0.1) is 32.1 Å². The van der Waals surface area contributed by atoms with Gasteiger partial charge in [0.05, 0.1) is 5.57 Å². The summed E-state index contributed by atoms with van der Waals surface area (Å²) in [4.78, 5) is 17.2. The standard InChI is InChI=1S/C25H26ClN5OS/c1-14-12-18(16(3)30(14)21-11-7-10-20(26)15(21)2)13-19-22(27)31-25(28-23(19)32)33-24(29-31)17-8-5-4-6-9-17/h7,10-13,17,27H,4-6,8-9H2,1-3H3/b19-13+,27-22?. The van der Waals surface area contributed by atoms with E-state index in [0.717, 1.165) is 46.1 Å². The number of nitrogens with zero attached hydrogens (tertiary/aromatic N) is 4. The molecule has 5 rings (SSSR count). The summed E-state index contributed by atoms with van der Waals surface area (Å²) in [6, 6.07) is 7.87. The Morgan fingerprint density at radius 2 is 1.94 bits per heavy atom. The number of amides is 1. The average Bonchev–Trinajstić information content (AvgIpc) is 3.34. The number of hydrogen-bond acceptors (Lipinski definition) is 4. The summed E-state index contributed by atoms with van der Waals surface area (Å²) >= 11 is 7.80. The van der Waals surface area contributed by atoms with Crippen molar-refractivity contribution in [1.82, 2.24) is 9.58 Å². The maximum atomic E-state index is 12.9. The van der Waals surface area contributed by atoms with E-state index in [0.29, 0.717) is 16.1 Å². The first kappa shape index (κ1) is 22.2. The zero-order valence-corrected chi connectivity index (χ0v) is 20.6. The Bertz CT molecular complexity index is 1270. The van der Waals surface area contributed by atoms with Crippen molar-refractivity contribution in [3.05, 3.63) is 57.4 Å². The molecule has 33 heavy (non-hydrogen) atoms. The summed E-state index contributed by atoms with van der Waals surface area (Å²) < 4.78 is 2.13. The van der Waals surface area contributed by atoms with Crippen LogP contribution in [0.15, 0.2) is 39.9 Å². The van der Waals surface area contributed by atoms with E-state index in [4.69, 9.17) is 22.1 Å². The van der Waals surface area contributed by atoms with Crippen LogP contribution in [-0.2, 0) is 4.79 Å². The number of fused-ring (bicyclic) bond motifs is 1. The second-order valence-electron chi connectivity index (χ2n) is 8.84. The van der Waals surface area contributed by atoms with Gasteiger partial charge in [0.2, 0.25) is 5.17 Å². The number of aryl methyl sites for hydroxylation is 1. The van der Waals surface area contributed by atoms with Gasteiger partial charge in [0.25, 0.3) is 5.91 Å². The first-order valence-corrected chi connectivity index (χ1v) is 12.5. The number of nitrogens with one attached hydrogen (secondary N) is 1. The van der Waals surface area contributed by atoms with Gasteiger partial charge in [0, 0.05) is 28.0 Å². The summed E-state index contributed by atoms with van der Waals surface area (Å²) in [7, 11) is 0. The molecule has 1 aromatic carbocycles. The van der Waals surface area contributed by atoms with Crippen molar-refractivity contribution in [2.45, 2.75) is 52.9 Å². The number of hydrogen-bond donors (Lipinski definition) is 1. The molecular weight excluding hydrogens is 454 g/mol. The Hall–Kier alpha value is -2.64. The van der Waals surface area contributed by atoms with Gasteiger partial charge in [-0.15, -0.1) is 0 Å². The molecule has 1 fully saturated rings. The third-order valence-electron chi connectivity index (χ3n) is 6.67. The third kappa shape index (κ3) is 3.87. The quantitative estimate of drug-likeness (QED) is 0.528. The van der Waals surface area contributed by atoms with E-state index in [1.807, 2.05) is 45.0 Å². The summed E-state index contributed by atoms with van der Waals surface area (Å²) in [6.07, 6.45) is 7.69. The molecule has 170 valence electrons. The highest BCUT2D eigenvalue weighted by Crippen LogP contribution is 2.36. The second-order valence-corrected chi connectivity index (χ2v) is 10.2. The highest BCUT2D eigenvalue weighted by atomic mass is 35.5. The topological polar surface area (TPSA) is 73.8 Å². The molecule has 1 amide bonds. The summed E-state index contributed by atoms with van der Waals surface area (Å²) in [5.41, 5.74) is 5.14. The minimum absolute atomic E-state index is 0.0899. The lowest BCUT2D eigenvalue weighted by molar-refractivity contribution is -0.114. The zero-order valence-electron chi connectivity index (χ0n) is 19.0. The molecule has 0 bridgehead atoms. The molecule has 2 aliphatic heterocycles. The van der Waals surface area contributed by atoms with Gasteiger partial charge >= 0.3 is 0 Å². The van der Waals surface area contributed by atoms with Crippen LogP contribution in [0.25, 0.3) is 11.8 Å². The van der Waals surface area contributed by atoms with Crippen LogP contribution in [0.1, 0.15) is 54.6 Å². The van der Waals surface area contributed by atoms with Crippen molar-refractivity contribution in [3.8, 4) is 5.69 Å². The zero-order chi connectivity index (χ0) is 23.3. The average molecular weight is 480 g/mol. The van der Waals surface area contributed by atoms with Crippen molar-refractivity contribution in [2.75, 3.05) is 0 Å². The predicted octanol–water partition coefficient (Wildman–Crippen LogP) is 6.26. The van der Waals surface area contributed by atoms with Crippen molar-refractivity contribution in [1.29, 1.82) is 5.41 Å². The molecule has 0 atom stereocenters. The number of thioether (sulfide) groups is 1. The van der Waals surface area contributed by atoms with Crippen molar-refractivity contribution < 1.29 is 4.79 Å². The number of carbonyl (C=O) groups excluding carboxylic acids is 1. The van der Waals surface area contributed by atoms with Crippen LogP contribution in [0.5, 0.6) is 0 Å². The van der Waals surface area contributed by atoms with Crippen molar-refractivity contribution in [2.24, 2.45) is 16.0 Å². The maximum absolute atomic E-state index is 12.9. The van der Waals surface area contributed by atoms with Gasteiger partial charge < -0.3 is 4.57 Å². The molecule has 0 saturated heterocycles. The van der Waals surface area contributed by atoms with Gasteiger partial charge in [-0.3, -0.25) is 10.2 Å². The Morgan fingerprint density at radius 1 is 1.18 bits per heavy atom. The first-order chi connectivity index (χ1) is 15.8. The molecule has 1 aliphatic carbocycles. The van der Waals surface area contributed by atoms with E-state index in [2.05, 4.69) is 9.56 Å². The number of aliphatic imine (C=N–C) groups is 1. The third-order valence-corrected chi connectivity index (χ3v) is 8.16. The number of amidine groups is 2. The second kappa shape index (κ2) is 8.61. The van der Waals surface area contributed by atoms with Gasteiger partial charge in [-0.25, -0.2) is 0 Å². The Kier molecular flexibility index (Phi) is 5.79. The van der Waals surface area contributed by atoms with E-state index >= 15 is 0 Å². The Morgan fingerprint density at radius 3 is 2.70 bits per heavy atom. The number of halogens is 1. The summed E-state index contributed by atoms with van der Waals surface area (Å²) in [5.74, 6) is 0.113. The molecule has 6 nitrogen and oxygen atoms in total. The lowest BCUT2D eigenvalue weighted by Crippen LogP contribution is -2.35. The monoisotopic (exact) mass is 479 g/mol. The SMILES string of the molecule is Cc1c(Cl)cccc1-n1c(C)cc(/C=C2\C(=N)N3N=C(C4CCCCC4)SC3=NC2=O)c1C. The first-order valence-electron chi connectivity index (χ1n) is 11.3. The van der Waals surface area contributed by atoms with Gasteiger partial charge in [0.15, 0.2) is 5.84 Å². The molecule has 1 saturated carbocycles. The van der Waals surface area contributed by atoms with E-state index in [1.54, 1.807) is 6.08 Å². The molecule has 3 aliphatic rings. The molecular formula is C25H26ClN5OS. The molecule has 0 radical (unpaired) electrons. The molecule has 0 spiro atoms. The molecule has 3 heterocycles. The molecule has 8 heteroatoms. The van der Waals surface area contributed by atoms with Crippen molar-refractivity contribution in [3.63, 3.8) is 0 Å². The van der Waals surface area contributed by atoms with Crippen LogP contribution in [0.3, 0.4) is 0 Å². The highest BCUT2D eigenvalue weighted by Gasteiger charge is 2.38. The van der Waals surface area contributed by atoms with E-state index < -0.39 is 0 Å². The minimum Gasteiger partial charge on any atom is -0.318 e. The smallest absolute Gasteiger partial charge is 0.283 e. The molecule has 1 aromatic heterocycles. The van der Waals surface area contributed by atoms with Crippen LogP contribution in [0.4, 0.5) is 0 Å². The van der Waals surface area contributed by atoms with Crippen LogP contribution >= 0.6 is 23.4 Å². The Balaban J connectivity index is 1.49. The number of rotatable bonds is 3. The van der Waals surface area contributed by atoms with Gasteiger partial charge in [0.1, 0.15) is 5.04 Å².